The van der Waals surface area contributed by atoms with E-state index in [1.807, 2.05) is 0 Å². The first-order valence-corrected chi connectivity index (χ1v) is 8.29. The normalized spacial score (nSPS) is 18.2. The zero-order valence-corrected chi connectivity index (χ0v) is 14.2. The molecule has 0 aromatic heterocycles. The summed E-state index contributed by atoms with van der Waals surface area (Å²) in [5, 5.41) is 17.2. The van der Waals surface area contributed by atoms with Gasteiger partial charge in [-0.25, -0.2) is 0 Å². The summed E-state index contributed by atoms with van der Waals surface area (Å²) in [6.45, 7) is 12.2. The molecule has 124 valence electrons. The summed E-state index contributed by atoms with van der Waals surface area (Å²) in [4.78, 5) is 4.59. The lowest BCUT2D eigenvalue weighted by Crippen LogP contribution is -2.51. The van der Waals surface area contributed by atoms with E-state index in [-0.39, 0.29) is 5.41 Å². The fourth-order valence-corrected chi connectivity index (χ4v) is 2.63. The number of aliphatic imine (C=N–C) groups is 1. The highest BCUT2D eigenvalue weighted by Gasteiger charge is 2.33. The van der Waals surface area contributed by atoms with Crippen LogP contribution in [-0.4, -0.2) is 49.5 Å². The van der Waals surface area contributed by atoms with E-state index in [1.165, 1.54) is 0 Å². The third kappa shape index (κ3) is 6.22. The van der Waals surface area contributed by atoms with Gasteiger partial charge in [-0.3, -0.25) is 4.99 Å². The maximum atomic E-state index is 10.6. The molecule has 1 heterocycles. The standard InChI is InChI=1S/C16H33N3O2/c1-5-8-16(20,9-6-2)11-19-14(17-7-3)18-10-15(4)12-21-13-15/h20H,5-13H2,1-4H3,(H2,17,18,19). The highest BCUT2D eigenvalue weighted by molar-refractivity contribution is 5.79. The summed E-state index contributed by atoms with van der Waals surface area (Å²) in [6.07, 6.45) is 3.56. The summed E-state index contributed by atoms with van der Waals surface area (Å²) in [7, 11) is 0. The van der Waals surface area contributed by atoms with Crippen molar-refractivity contribution < 1.29 is 9.84 Å². The molecular weight excluding hydrogens is 266 g/mol. The van der Waals surface area contributed by atoms with Crippen molar-refractivity contribution in [2.24, 2.45) is 10.4 Å². The minimum atomic E-state index is -0.671. The van der Waals surface area contributed by atoms with Gasteiger partial charge in [0.25, 0.3) is 0 Å². The SMILES string of the molecule is CCCC(O)(CCC)CN=C(NCC)NCC1(C)COC1. The molecule has 1 aliphatic rings. The van der Waals surface area contributed by atoms with Crippen LogP contribution in [0.3, 0.4) is 0 Å². The lowest BCUT2D eigenvalue weighted by Gasteiger charge is -2.38. The molecule has 5 heteroatoms. The lowest BCUT2D eigenvalue weighted by atomic mass is 9.89. The van der Waals surface area contributed by atoms with Gasteiger partial charge in [-0.1, -0.05) is 33.6 Å². The molecule has 0 unspecified atom stereocenters. The lowest BCUT2D eigenvalue weighted by molar-refractivity contribution is -0.0971. The van der Waals surface area contributed by atoms with E-state index in [4.69, 9.17) is 4.74 Å². The molecule has 0 aromatic carbocycles. The van der Waals surface area contributed by atoms with Gasteiger partial charge in [-0.15, -0.1) is 0 Å². The Hall–Kier alpha value is -0.810. The predicted octanol–water partition coefficient (Wildman–Crippen LogP) is 1.91. The van der Waals surface area contributed by atoms with E-state index in [0.717, 1.165) is 57.9 Å². The van der Waals surface area contributed by atoms with Crippen LogP contribution in [0.1, 0.15) is 53.4 Å². The van der Waals surface area contributed by atoms with Crippen molar-refractivity contribution in [3.8, 4) is 0 Å². The molecule has 1 rings (SSSR count). The van der Waals surface area contributed by atoms with Crippen molar-refractivity contribution in [2.45, 2.75) is 59.0 Å². The van der Waals surface area contributed by atoms with Gasteiger partial charge in [0.05, 0.1) is 25.4 Å². The first-order chi connectivity index (χ1) is 9.97. The smallest absolute Gasteiger partial charge is 0.191 e. The average Bonchev–Trinajstić information content (AvgIpc) is 2.40. The Bertz CT molecular complexity index is 321. The summed E-state index contributed by atoms with van der Waals surface area (Å²) in [5.41, 5.74) is -0.464. The molecule has 1 saturated heterocycles. The van der Waals surface area contributed by atoms with Crippen LogP contribution in [0.25, 0.3) is 0 Å². The number of nitrogens with zero attached hydrogens (tertiary/aromatic N) is 1. The van der Waals surface area contributed by atoms with Crippen molar-refractivity contribution in [2.75, 3.05) is 32.8 Å². The monoisotopic (exact) mass is 299 g/mol. The van der Waals surface area contributed by atoms with Gasteiger partial charge < -0.3 is 20.5 Å². The van der Waals surface area contributed by atoms with Crippen LogP contribution >= 0.6 is 0 Å². The minimum absolute atomic E-state index is 0.208. The summed E-state index contributed by atoms with van der Waals surface area (Å²) < 4.78 is 5.27. The van der Waals surface area contributed by atoms with Gasteiger partial charge in [0, 0.05) is 18.5 Å². The van der Waals surface area contributed by atoms with Crippen LogP contribution in [-0.2, 0) is 4.74 Å². The zero-order chi connectivity index (χ0) is 15.8. The third-order valence-electron chi connectivity index (χ3n) is 3.89. The Kier molecular flexibility index (Phi) is 7.46. The van der Waals surface area contributed by atoms with Gasteiger partial charge in [-0.2, -0.15) is 0 Å². The number of ether oxygens (including phenoxy) is 1. The van der Waals surface area contributed by atoms with Gasteiger partial charge in [0.2, 0.25) is 0 Å². The van der Waals surface area contributed by atoms with Gasteiger partial charge in [0.15, 0.2) is 5.96 Å². The van der Waals surface area contributed by atoms with Crippen LogP contribution < -0.4 is 10.6 Å². The fourth-order valence-electron chi connectivity index (χ4n) is 2.63. The van der Waals surface area contributed by atoms with Crippen LogP contribution in [0, 0.1) is 5.41 Å². The maximum absolute atomic E-state index is 10.6. The van der Waals surface area contributed by atoms with Crippen molar-refractivity contribution in [1.29, 1.82) is 0 Å². The number of guanidine groups is 1. The molecule has 0 aromatic rings. The molecule has 5 nitrogen and oxygen atoms in total. The first-order valence-electron chi connectivity index (χ1n) is 8.29. The molecule has 1 aliphatic heterocycles. The van der Waals surface area contributed by atoms with E-state index in [9.17, 15) is 5.11 Å². The summed E-state index contributed by atoms with van der Waals surface area (Å²) in [5.74, 6) is 0.788. The molecule has 0 atom stereocenters. The van der Waals surface area contributed by atoms with Crippen LogP contribution in [0.2, 0.25) is 0 Å². The molecule has 0 aliphatic carbocycles. The molecule has 21 heavy (non-hydrogen) atoms. The van der Waals surface area contributed by atoms with E-state index < -0.39 is 5.60 Å². The van der Waals surface area contributed by atoms with Crippen molar-refractivity contribution in [3.05, 3.63) is 0 Å². The third-order valence-corrected chi connectivity index (χ3v) is 3.89. The van der Waals surface area contributed by atoms with E-state index in [0.29, 0.717) is 6.54 Å². The predicted molar refractivity (Wildman–Crippen MR) is 87.7 cm³/mol. The number of nitrogens with one attached hydrogen (secondary N) is 2. The number of hydrogen-bond acceptors (Lipinski definition) is 3. The summed E-state index contributed by atoms with van der Waals surface area (Å²) >= 11 is 0. The molecule has 0 radical (unpaired) electrons. The Morgan fingerprint density at radius 2 is 1.81 bits per heavy atom. The Morgan fingerprint density at radius 3 is 2.24 bits per heavy atom. The molecule has 3 N–H and O–H groups in total. The van der Waals surface area contributed by atoms with E-state index in [2.05, 4.69) is 43.3 Å². The second-order valence-corrected chi connectivity index (χ2v) is 6.58. The van der Waals surface area contributed by atoms with Gasteiger partial charge in [0.1, 0.15) is 0 Å². The topological polar surface area (TPSA) is 65.9 Å². The van der Waals surface area contributed by atoms with Crippen molar-refractivity contribution >= 4 is 5.96 Å². The Morgan fingerprint density at radius 1 is 1.19 bits per heavy atom. The number of rotatable bonds is 9. The van der Waals surface area contributed by atoms with Crippen LogP contribution in [0.15, 0.2) is 4.99 Å². The largest absolute Gasteiger partial charge is 0.388 e. The van der Waals surface area contributed by atoms with Crippen molar-refractivity contribution in [3.63, 3.8) is 0 Å². The highest BCUT2D eigenvalue weighted by atomic mass is 16.5. The first kappa shape index (κ1) is 18.2. The average molecular weight is 299 g/mol. The van der Waals surface area contributed by atoms with Gasteiger partial charge >= 0.3 is 0 Å². The summed E-state index contributed by atoms with van der Waals surface area (Å²) in [6, 6.07) is 0. The second-order valence-electron chi connectivity index (χ2n) is 6.58. The highest BCUT2D eigenvalue weighted by Crippen LogP contribution is 2.25. The maximum Gasteiger partial charge on any atom is 0.191 e. The zero-order valence-electron chi connectivity index (χ0n) is 14.2. The van der Waals surface area contributed by atoms with E-state index >= 15 is 0 Å². The molecule has 0 spiro atoms. The Balaban J connectivity index is 2.55. The molecule has 0 amide bonds. The molecular formula is C16H33N3O2. The van der Waals surface area contributed by atoms with Crippen molar-refractivity contribution in [1.82, 2.24) is 10.6 Å². The minimum Gasteiger partial charge on any atom is -0.388 e. The Labute approximate surface area is 129 Å². The number of hydrogen-bond donors (Lipinski definition) is 3. The van der Waals surface area contributed by atoms with Crippen LogP contribution in [0.4, 0.5) is 0 Å². The van der Waals surface area contributed by atoms with Gasteiger partial charge in [-0.05, 0) is 19.8 Å². The quantitative estimate of drug-likeness (QED) is 0.449. The molecule has 0 bridgehead atoms. The molecule has 0 saturated carbocycles. The fraction of sp³-hybridized carbons (Fsp3) is 0.938. The van der Waals surface area contributed by atoms with E-state index in [1.54, 1.807) is 0 Å². The number of aliphatic hydroxyl groups is 1. The van der Waals surface area contributed by atoms with Crippen LogP contribution in [0.5, 0.6) is 0 Å². The molecule has 1 fully saturated rings. The second kappa shape index (κ2) is 8.59.